The van der Waals surface area contributed by atoms with Crippen LogP contribution in [0.1, 0.15) is 16.0 Å². The van der Waals surface area contributed by atoms with E-state index in [1.165, 1.54) is 16.0 Å². The number of nitrogens with one attached hydrogen (secondary N) is 1. The summed E-state index contributed by atoms with van der Waals surface area (Å²) in [5.74, 6) is 1.05. The van der Waals surface area contributed by atoms with Crippen LogP contribution in [-0.2, 0) is 13.0 Å². The minimum absolute atomic E-state index is 0.280. The van der Waals surface area contributed by atoms with Crippen molar-refractivity contribution in [3.8, 4) is 5.75 Å². The molecule has 0 bridgehead atoms. The second-order valence-corrected chi connectivity index (χ2v) is 5.71. The summed E-state index contributed by atoms with van der Waals surface area (Å²) in [6.45, 7) is 4.02. The minimum atomic E-state index is 0.280. The number of ether oxygens (including phenoxy) is 1. The topological polar surface area (TPSA) is 21.3 Å². The molecule has 1 aromatic carbocycles. The van der Waals surface area contributed by atoms with E-state index < -0.39 is 0 Å². The van der Waals surface area contributed by atoms with Gasteiger partial charge in [0.15, 0.2) is 0 Å². The number of hydrogen-bond donors (Lipinski definition) is 1. The fourth-order valence-corrected chi connectivity index (χ4v) is 3.18. The molecule has 0 fully saturated rings. The number of para-hydroxylation sites is 1. The Kier molecular flexibility index (Phi) is 3.35. The summed E-state index contributed by atoms with van der Waals surface area (Å²) in [4.78, 5) is 1.42. The van der Waals surface area contributed by atoms with Crippen molar-refractivity contribution in [3.63, 3.8) is 0 Å². The predicted molar refractivity (Wildman–Crippen MR) is 75.3 cm³/mol. The molecule has 2 nitrogen and oxygen atoms in total. The monoisotopic (exact) mass is 259 g/mol. The van der Waals surface area contributed by atoms with Gasteiger partial charge in [-0.2, -0.15) is 0 Å². The second-order valence-electron chi connectivity index (χ2n) is 4.71. The average molecular weight is 259 g/mol. The highest BCUT2D eigenvalue weighted by molar-refractivity contribution is 7.10. The third kappa shape index (κ3) is 2.42. The van der Waals surface area contributed by atoms with Crippen molar-refractivity contribution in [1.29, 1.82) is 0 Å². The van der Waals surface area contributed by atoms with Crippen LogP contribution in [0, 0.1) is 6.92 Å². The number of hydrogen-bond acceptors (Lipinski definition) is 3. The fraction of sp³-hybridized carbons (Fsp3) is 0.333. The zero-order valence-corrected chi connectivity index (χ0v) is 11.3. The molecule has 0 unspecified atom stereocenters. The molecule has 2 heterocycles. The van der Waals surface area contributed by atoms with Crippen LogP contribution in [0.3, 0.4) is 0 Å². The Morgan fingerprint density at radius 2 is 2.22 bits per heavy atom. The molecule has 3 heteroatoms. The zero-order chi connectivity index (χ0) is 12.4. The smallest absolute Gasteiger partial charge is 0.123 e. The molecule has 2 aromatic rings. The van der Waals surface area contributed by atoms with Gasteiger partial charge in [0, 0.05) is 24.4 Å². The second kappa shape index (κ2) is 5.12. The third-order valence-corrected chi connectivity index (χ3v) is 4.36. The summed E-state index contributed by atoms with van der Waals surface area (Å²) in [6, 6.07) is 10.5. The summed E-state index contributed by atoms with van der Waals surface area (Å²) in [5.41, 5.74) is 2.71. The van der Waals surface area contributed by atoms with E-state index >= 15 is 0 Å². The van der Waals surface area contributed by atoms with Gasteiger partial charge in [-0.05, 0) is 35.6 Å². The molecule has 1 aliphatic heterocycles. The normalized spacial score (nSPS) is 17.5. The van der Waals surface area contributed by atoms with Crippen LogP contribution >= 0.6 is 11.3 Å². The van der Waals surface area contributed by atoms with E-state index in [1.54, 1.807) is 0 Å². The Bertz CT molecular complexity index is 510. The molecule has 0 radical (unpaired) electrons. The molecule has 0 saturated heterocycles. The molecule has 1 atom stereocenters. The lowest BCUT2D eigenvalue weighted by Gasteiger charge is -2.11. The summed E-state index contributed by atoms with van der Waals surface area (Å²) in [7, 11) is 0. The fourth-order valence-electron chi connectivity index (χ4n) is 2.30. The van der Waals surface area contributed by atoms with Crippen LogP contribution in [0.2, 0.25) is 0 Å². The van der Waals surface area contributed by atoms with E-state index in [-0.39, 0.29) is 6.10 Å². The van der Waals surface area contributed by atoms with Gasteiger partial charge in [-0.3, -0.25) is 0 Å². The summed E-state index contributed by atoms with van der Waals surface area (Å²) in [5, 5.41) is 5.64. The largest absolute Gasteiger partial charge is 0.488 e. The first-order chi connectivity index (χ1) is 8.83. The zero-order valence-electron chi connectivity index (χ0n) is 10.5. The first kappa shape index (κ1) is 11.8. The Balaban J connectivity index is 1.50. The molecular weight excluding hydrogens is 242 g/mol. The van der Waals surface area contributed by atoms with Gasteiger partial charge < -0.3 is 10.1 Å². The van der Waals surface area contributed by atoms with Crippen molar-refractivity contribution in [2.45, 2.75) is 26.0 Å². The Morgan fingerprint density at radius 3 is 3.00 bits per heavy atom. The Morgan fingerprint density at radius 1 is 1.33 bits per heavy atom. The molecule has 0 amide bonds. The van der Waals surface area contributed by atoms with Gasteiger partial charge in [0.2, 0.25) is 0 Å². The van der Waals surface area contributed by atoms with Crippen molar-refractivity contribution in [2.75, 3.05) is 6.54 Å². The SMILES string of the molecule is Cc1ccsc1CNC[C@@H]1Cc2ccccc2O1. The van der Waals surface area contributed by atoms with Gasteiger partial charge in [0.1, 0.15) is 11.9 Å². The van der Waals surface area contributed by atoms with E-state index in [1.807, 2.05) is 17.4 Å². The lowest BCUT2D eigenvalue weighted by atomic mass is 10.1. The molecule has 1 aliphatic rings. The lowest BCUT2D eigenvalue weighted by molar-refractivity contribution is 0.227. The number of thiophene rings is 1. The van der Waals surface area contributed by atoms with Crippen LogP contribution in [-0.4, -0.2) is 12.6 Å². The van der Waals surface area contributed by atoms with Crippen molar-refractivity contribution in [1.82, 2.24) is 5.32 Å². The first-order valence-corrected chi connectivity index (χ1v) is 7.19. The van der Waals surface area contributed by atoms with Gasteiger partial charge in [-0.15, -0.1) is 11.3 Å². The molecule has 0 saturated carbocycles. The number of benzene rings is 1. The highest BCUT2D eigenvalue weighted by Gasteiger charge is 2.21. The maximum absolute atomic E-state index is 5.90. The Labute approximate surface area is 112 Å². The minimum Gasteiger partial charge on any atom is -0.488 e. The number of aryl methyl sites for hydroxylation is 1. The highest BCUT2D eigenvalue weighted by Crippen LogP contribution is 2.27. The standard InChI is InChI=1S/C15H17NOS/c1-11-6-7-18-15(11)10-16-9-13-8-12-4-2-3-5-14(12)17-13/h2-7,13,16H,8-10H2,1H3/t13-/m0/s1. The highest BCUT2D eigenvalue weighted by atomic mass is 32.1. The molecule has 3 rings (SSSR count). The quantitative estimate of drug-likeness (QED) is 0.910. The van der Waals surface area contributed by atoms with Gasteiger partial charge in [-0.25, -0.2) is 0 Å². The van der Waals surface area contributed by atoms with Crippen LogP contribution in [0.5, 0.6) is 5.75 Å². The summed E-state index contributed by atoms with van der Waals surface area (Å²) in [6.07, 6.45) is 1.30. The Hall–Kier alpha value is -1.32. The van der Waals surface area contributed by atoms with Crippen LogP contribution < -0.4 is 10.1 Å². The number of rotatable bonds is 4. The first-order valence-electron chi connectivity index (χ1n) is 6.31. The van der Waals surface area contributed by atoms with Crippen molar-refractivity contribution < 1.29 is 4.74 Å². The van der Waals surface area contributed by atoms with Crippen LogP contribution in [0.15, 0.2) is 35.7 Å². The molecule has 0 spiro atoms. The molecule has 18 heavy (non-hydrogen) atoms. The van der Waals surface area contributed by atoms with Gasteiger partial charge >= 0.3 is 0 Å². The molecule has 0 aliphatic carbocycles. The van der Waals surface area contributed by atoms with Gasteiger partial charge in [0.25, 0.3) is 0 Å². The average Bonchev–Trinajstić information content (AvgIpc) is 2.96. The van der Waals surface area contributed by atoms with E-state index in [2.05, 4.69) is 41.9 Å². The van der Waals surface area contributed by atoms with Crippen LogP contribution in [0.4, 0.5) is 0 Å². The molecular formula is C15H17NOS. The lowest BCUT2D eigenvalue weighted by Crippen LogP contribution is -2.29. The van der Waals surface area contributed by atoms with E-state index in [0.29, 0.717) is 0 Å². The van der Waals surface area contributed by atoms with Crippen molar-refractivity contribution in [3.05, 3.63) is 51.7 Å². The summed E-state index contributed by atoms with van der Waals surface area (Å²) < 4.78 is 5.90. The molecule has 94 valence electrons. The third-order valence-electron chi connectivity index (χ3n) is 3.34. The van der Waals surface area contributed by atoms with Gasteiger partial charge in [-0.1, -0.05) is 18.2 Å². The van der Waals surface area contributed by atoms with Crippen molar-refractivity contribution >= 4 is 11.3 Å². The maximum Gasteiger partial charge on any atom is 0.123 e. The number of fused-ring (bicyclic) bond motifs is 1. The van der Waals surface area contributed by atoms with E-state index in [0.717, 1.165) is 25.3 Å². The van der Waals surface area contributed by atoms with Crippen molar-refractivity contribution in [2.24, 2.45) is 0 Å². The van der Waals surface area contributed by atoms with E-state index in [9.17, 15) is 0 Å². The molecule has 1 N–H and O–H groups in total. The molecule has 1 aromatic heterocycles. The van der Waals surface area contributed by atoms with Crippen LogP contribution in [0.25, 0.3) is 0 Å². The maximum atomic E-state index is 5.90. The summed E-state index contributed by atoms with van der Waals surface area (Å²) >= 11 is 1.82. The van der Waals surface area contributed by atoms with Gasteiger partial charge in [0.05, 0.1) is 0 Å². The predicted octanol–water partition coefficient (Wildman–Crippen LogP) is 3.15. The van der Waals surface area contributed by atoms with E-state index in [4.69, 9.17) is 4.74 Å².